The molecule has 2 saturated carbocycles. The van der Waals surface area contributed by atoms with E-state index < -0.39 is 11.7 Å². The highest BCUT2D eigenvalue weighted by Crippen LogP contribution is 2.35. The number of amides is 5. The Hall–Kier alpha value is -5.12. The Bertz CT molecular complexity index is 2290. The molecule has 6 rings (SSSR count). The molecular weight excluding hydrogens is 1080 g/mol. The Labute approximate surface area is 495 Å². The number of piperidine rings is 2. The third-order valence-electron chi connectivity index (χ3n) is 15.1. The number of halogens is 1. The van der Waals surface area contributed by atoms with Gasteiger partial charge in [0.25, 0.3) is 11.8 Å². The van der Waals surface area contributed by atoms with E-state index in [0.29, 0.717) is 105 Å². The van der Waals surface area contributed by atoms with Crippen LogP contribution in [0.15, 0.2) is 36.4 Å². The van der Waals surface area contributed by atoms with E-state index in [2.05, 4.69) is 19.2 Å². The Morgan fingerprint density at radius 2 is 1.02 bits per heavy atom. The Kier molecular flexibility index (Phi) is 29.3. The van der Waals surface area contributed by atoms with E-state index in [4.69, 9.17) is 42.6 Å². The van der Waals surface area contributed by atoms with Gasteiger partial charge in [-0.25, -0.2) is 4.79 Å². The minimum atomic E-state index is -0.667. The summed E-state index contributed by atoms with van der Waals surface area (Å²) in [6, 6.07) is 11.3. The van der Waals surface area contributed by atoms with Gasteiger partial charge in [0.05, 0.1) is 33.5 Å². The second kappa shape index (κ2) is 34.6. The summed E-state index contributed by atoms with van der Waals surface area (Å²) in [7, 11) is 9.57. The van der Waals surface area contributed by atoms with Crippen molar-refractivity contribution in [3.8, 4) is 23.0 Å². The lowest BCUT2D eigenvalue weighted by Crippen LogP contribution is -2.58. The molecule has 4 fully saturated rings. The molecule has 2 aliphatic carbocycles. The molecule has 4 atom stereocenters. The van der Waals surface area contributed by atoms with Crippen molar-refractivity contribution in [2.24, 2.45) is 0 Å². The highest BCUT2D eigenvalue weighted by Gasteiger charge is 2.41. The summed E-state index contributed by atoms with van der Waals surface area (Å²) in [5, 5.41) is 3.65. The van der Waals surface area contributed by atoms with Gasteiger partial charge in [0.2, 0.25) is 11.8 Å². The van der Waals surface area contributed by atoms with Crippen LogP contribution in [0.1, 0.15) is 146 Å². The van der Waals surface area contributed by atoms with E-state index in [1.807, 2.05) is 54.2 Å². The third kappa shape index (κ3) is 21.2. The van der Waals surface area contributed by atoms with Crippen molar-refractivity contribution < 1.29 is 66.6 Å². The third-order valence-corrected chi connectivity index (χ3v) is 15.1. The van der Waals surface area contributed by atoms with Gasteiger partial charge in [-0.05, 0) is 149 Å². The van der Waals surface area contributed by atoms with Gasteiger partial charge in [-0.3, -0.25) is 19.2 Å². The predicted molar refractivity (Wildman–Crippen MR) is 317 cm³/mol. The highest BCUT2D eigenvalue weighted by atomic mass is 35.5. The van der Waals surface area contributed by atoms with Gasteiger partial charge in [0.1, 0.15) is 18.8 Å². The lowest BCUT2D eigenvalue weighted by Gasteiger charge is -2.45. The molecule has 1 N–H and O–H groups in total. The maximum Gasteiger partial charge on any atom is 0.410 e. The first-order valence-corrected chi connectivity index (χ1v) is 29.3. The Balaban J connectivity index is 0.000000353. The van der Waals surface area contributed by atoms with Gasteiger partial charge in [0, 0.05) is 134 Å². The Morgan fingerprint density at radius 1 is 0.573 bits per heavy atom. The molecule has 2 heterocycles. The number of carbonyl (C=O) groups excluding carboxylic acids is 5. The van der Waals surface area contributed by atoms with Crippen LogP contribution >= 0.6 is 12.4 Å². The van der Waals surface area contributed by atoms with E-state index >= 15 is 0 Å². The molecule has 0 spiro atoms. The highest BCUT2D eigenvalue weighted by molar-refractivity contribution is 5.96. The fraction of sp³-hybridized carbons (Fsp3) is 0.721. The zero-order valence-electron chi connectivity index (χ0n) is 51.5. The van der Waals surface area contributed by atoms with Crippen LogP contribution in [0.4, 0.5) is 4.79 Å². The molecule has 4 aliphatic rings. The number of methoxy groups -OCH3 is 6. The van der Waals surface area contributed by atoms with Crippen molar-refractivity contribution >= 4 is 42.1 Å². The van der Waals surface area contributed by atoms with Crippen LogP contribution in [-0.4, -0.2) is 217 Å². The van der Waals surface area contributed by atoms with Crippen molar-refractivity contribution in [3.05, 3.63) is 47.5 Å². The number of hydrogen-bond acceptors (Lipinski definition) is 15. The van der Waals surface area contributed by atoms with Crippen molar-refractivity contribution in [2.75, 3.05) is 108 Å². The molecule has 0 aromatic heterocycles. The topological polar surface area (TPSA) is 197 Å². The minimum Gasteiger partial charge on any atom is -0.493 e. The molecule has 82 heavy (non-hydrogen) atoms. The van der Waals surface area contributed by atoms with Crippen molar-refractivity contribution in [2.45, 2.75) is 179 Å². The van der Waals surface area contributed by atoms with Crippen LogP contribution in [0.5, 0.6) is 23.0 Å². The first-order valence-electron chi connectivity index (χ1n) is 29.3. The summed E-state index contributed by atoms with van der Waals surface area (Å²) >= 11 is 0. The van der Waals surface area contributed by atoms with E-state index in [9.17, 15) is 24.0 Å². The second-order valence-corrected chi connectivity index (χ2v) is 23.2. The fourth-order valence-electron chi connectivity index (χ4n) is 10.8. The van der Waals surface area contributed by atoms with Gasteiger partial charge >= 0.3 is 6.09 Å². The summed E-state index contributed by atoms with van der Waals surface area (Å²) in [5.41, 5.74) is 0.415. The molecule has 464 valence electrons. The van der Waals surface area contributed by atoms with E-state index in [1.165, 1.54) is 7.11 Å². The van der Waals surface area contributed by atoms with Gasteiger partial charge in [-0.15, -0.1) is 12.4 Å². The molecular formula is C61H99ClN6O14. The summed E-state index contributed by atoms with van der Waals surface area (Å²) in [5.74, 6) is 2.14. The molecule has 5 amide bonds. The van der Waals surface area contributed by atoms with Crippen LogP contribution in [0.25, 0.3) is 0 Å². The summed E-state index contributed by atoms with van der Waals surface area (Å²) < 4.78 is 48.9. The lowest BCUT2D eigenvalue weighted by atomic mass is 9.93. The summed E-state index contributed by atoms with van der Waals surface area (Å²) in [4.78, 5) is 75.9. The average Bonchev–Trinajstić information content (AvgIpc) is 4.42. The van der Waals surface area contributed by atoms with Crippen LogP contribution in [0.3, 0.4) is 0 Å². The van der Waals surface area contributed by atoms with Gasteiger partial charge in [0.15, 0.2) is 23.0 Å². The Morgan fingerprint density at radius 3 is 1.43 bits per heavy atom. The molecule has 0 radical (unpaired) electrons. The second-order valence-electron chi connectivity index (χ2n) is 23.2. The number of rotatable bonds is 30. The normalized spacial score (nSPS) is 18.8. The number of likely N-dealkylation sites (tertiary alicyclic amines) is 1. The molecule has 2 aliphatic heterocycles. The molecule has 21 heteroatoms. The SMILES string of the molecule is COCCCOc1cc(C(=O)N(C(C)C)[C@@H]2CC[C@H](CCN(C(=O)COC)C3CC3)N(C(=O)OC(C)(C)C)C2)ccc1OC.COCCCOc1cc(C(=O)N(C(C)C)[C@@H]2CC[C@H](CCN(C(=O)COC)C3CC3)NC2)ccc1OC.Cl. The zero-order valence-corrected chi connectivity index (χ0v) is 52.3. The van der Waals surface area contributed by atoms with Crippen LogP contribution in [-0.2, 0) is 33.3 Å². The van der Waals surface area contributed by atoms with E-state index in [-0.39, 0.29) is 85.5 Å². The minimum absolute atomic E-state index is 0. The van der Waals surface area contributed by atoms with Crippen molar-refractivity contribution in [1.29, 1.82) is 0 Å². The first-order chi connectivity index (χ1) is 38.8. The molecule has 20 nitrogen and oxygen atoms in total. The molecule has 0 unspecified atom stereocenters. The van der Waals surface area contributed by atoms with Crippen molar-refractivity contribution in [3.63, 3.8) is 0 Å². The van der Waals surface area contributed by atoms with Gasteiger partial charge in [-0.2, -0.15) is 0 Å². The smallest absolute Gasteiger partial charge is 0.410 e. The summed E-state index contributed by atoms with van der Waals surface area (Å²) in [6.07, 6.45) is 10.1. The van der Waals surface area contributed by atoms with Crippen LogP contribution < -0.4 is 24.3 Å². The van der Waals surface area contributed by atoms with Crippen molar-refractivity contribution in [1.82, 2.24) is 29.8 Å². The van der Waals surface area contributed by atoms with Crippen LogP contribution in [0, 0.1) is 0 Å². The summed E-state index contributed by atoms with van der Waals surface area (Å²) in [6.45, 7) is 18.3. The molecule has 2 aromatic carbocycles. The van der Waals surface area contributed by atoms with Gasteiger partial charge < -0.3 is 72.4 Å². The van der Waals surface area contributed by atoms with E-state index in [1.54, 1.807) is 76.8 Å². The molecule has 0 bridgehead atoms. The maximum absolute atomic E-state index is 14.1. The number of nitrogens with zero attached hydrogens (tertiary/aromatic N) is 5. The first kappa shape index (κ1) is 69.4. The largest absolute Gasteiger partial charge is 0.493 e. The maximum atomic E-state index is 14.1. The monoisotopic (exact) mass is 1170 g/mol. The number of hydrogen-bond donors (Lipinski definition) is 1. The number of nitrogens with one attached hydrogen (secondary N) is 1. The molecule has 2 aromatic rings. The van der Waals surface area contributed by atoms with E-state index in [0.717, 1.165) is 70.9 Å². The zero-order chi connectivity index (χ0) is 59.2. The quantitative estimate of drug-likeness (QED) is 0.0733. The number of benzene rings is 2. The lowest BCUT2D eigenvalue weighted by molar-refractivity contribution is -0.136. The number of ether oxygens (including phenoxy) is 9. The standard InChI is InChI=1S/C33H53N3O8.C28H45N3O6.ClH/c1-23(2)36(31(38)24-10-15-28(42-8)29(20-24)43-19-9-18-40-6)27-14-13-26(35(21-27)32(39)44-33(3,4)5)16-17-34(25-11-12-25)30(37)22-41-7;1-20(2)31(28(33)21-7-12-25(36-5)26(17-21)37-16-6-15-34-3)24-9-8-22(29-18-24)13-14-30(23-10-11-23)27(32)19-35-4;/h10,15,20,23,25-27H,9,11-14,16-19,21-22H2,1-8H3;7,12,17,20,22-24,29H,6,8-11,13-16,18-19H2,1-5H3;1H/t26-,27-;22-,24-;/m11./s1. The predicted octanol–water partition coefficient (Wildman–Crippen LogP) is 8.29. The van der Waals surface area contributed by atoms with Gasteiger partial charge in [-0.1, -0.05) is 0 Å². The fourth-order valence-corrected chi connectivity index (χ4v) is 10.8. The number of carbonyl (C=O) groups is 5. The van der Waals surface area contributed by atoms with Crippen LogP contribution in [0.2, 0.25) is 0 Å². The average molecular weight is 1180 g/mol. The molecule has 2 saturated heterocycles.